The van der Waals surface area contributed by atoms with Gasteiger partial charge in [0.1, 0.15) is 0 Å². The minimum absolute atomic E-state index is 0.407. The highest BCUT2D eigenvalue weighted by atomic mass is 16.4. The van der Waals surface area contributed by atoms with Crippen molar-refractivity contribution in [1.29, 1.82) is 0 Å². The summed E-state index contributed by atoms with van der Waals surface area (Å²) in [5.74, 6) is -0.516. The lowest BCUT2D eigenvalue weighted by Gasteiger charge is -2.16. The average Bonchev–Trinajstić information content (AvgIpc) is 2.66. The summed E-state index contributed by atoms with van der Waals surface area (Å²) < 4.78 is 0. The van der Waals surface area contributed by atoms with Gasteiger partial charge in [0, 0.05) is 0 Å². The van der Waals surface area contributed by atoms with E-state index in [-0.39, 0.29) is 0 Å². The Balaban J connectivity index is 2.17. The van der Waals surface area contributed by atoms with Crippen LogP contribution in [0.3, 0.4) is 0 Å². The molecule has 1 unspecified atom stereocenters. The molecule has 2 rings (SSSR count). The largest absolute Gasteiger partial charge is 0.481 e. The monoisotopic (exact) mass is 246 g/mol. The fraction of sp³-hybridized carbons (Fsp3) is 0.562. The molecule has 98 valence electrons. The second-order valence-electron chi connectivity index (χ2n) is 5.42. The standard InChI is InChI=1S/C16H22O2/c1-12(16(17)18)14-9-6-10-15(11-14)13-7-4-2-3-5-8-13/h6,9-13H,2-5,7-8H2,1H3,(H,17,18). The second kappa shape index (κ2) is 6.03. The first-order chi connectivity index (χ1) is 8.68. The Hall–Kier alpha value is -1.31. The first-order valence-corrected chi connectivity index (χ1v) is 7.01. The van der Waals surface area contributed by atoms with Crippen molar-refractivity contribution in [2.45, 2.75) is 57.3 Å². The summed E-state index contributed by atoms with van der Waals surface area (Å²) >= 11 is 0. The van der Waals surface area contributed by atoms with Gasteiger partial charge in [-0.1, -0.05) is 49.9 Å². The van der Waals surface area contributed by atoms with Crippen molar-refractivity contribution in [3.63, 3.8) is 0 Å². The van der Waals surface area contributed by atoms with E-state index in [4.69, 9.17) is 5.11 Å². The Labute approximate surface area is 109 Å². The van der Waals surface area contributed by atoms with Crippen LogP contribution in [-0.2, 0) is 4.79 Å². The van der Waals surface area contributed by atoms with E-state index < -0.39 is 11.9 Å². The normalized spacial score (nSPS) is 19.2. The Bertz CT molecular complexity index is 403. The van der Waals surface area contributed by atoms with E-state index in [1.807, 2.05) is 12.1 Å². The lowest BCUT2D eigenvalue weighted by molar-refractivity contribution is -0.138. The maximum atomic E-state index is 11.0. The molecule has 0 aliphatic heterocycles. The summed E-state index contributed by atoms with van der Waals surface area (Å²) in [6.45, 7) is 1.76. The van der Waals surface area contributed by atoms with Crippen molar-refractivity contribution in [1.82, 2.24) is 0 Å². The van der Waals surface area contributed by atoms with E-state index >= 15 is 0 Å². The fourth-order valence-corrected chi connectivity index (χ4v) is 2.84. The molecule has 0 heterocycles. The molecule has 1 aliphatic rings. The molecular formula is C16H22O2. The first-order valence-electron chi connectivity index (χ1n) is 7.01. The van der Waals surface area contributed by atoms with Crippen LogP contribution in [0.4, 0.5) is 0 Å². The van der Waals surface area contributed by atoms with E-state index in [1.54, 1.807) is 6.92 Å². The molecule has 1 aliphatic carbocycles. The predicted octanol–water partition coefficient (Wildman–Crippen LogP) is 4.31. The SMILES string of the molecule is CC(C(=O)O)c1cccc(C2CCCCCC2)c1. The van der Waals surface area contributed by atoms with Crippen molar-refractivity contribution < 1.29 is 9.90 Å². The van der Waals surface area contributed by atoms with Crippen molar-refractivity contribution in [2.75, 3.05) is 0 Å². The molecule has 0 spiro atoms. The van der Waals surface area contributed by atoms with Gasteiger partial charge < -0.3 is 5.11 Å². The highest BCUT2D eigenvalue weighted by Crippen LogP contribution is 2.32. The maximum Gasteiger partial charge on any atom is 0.310 e. The quantitative estimate of drug-likeness (QED) is 0.807. The third-order valence-corrected chi connectivity index (χ3v) is 4.11. The van der Waals surface area contributed by atoms with Crippen LogP contribution in [0.25, 0.3) is 0 Å². The number of hydrogen-bond acceptors (Lipinski definition) is 1. The van der Waals surface area contributed by atoms with Gasteiger partial charge in [-0.25, -0.2) is 0 Å². The minimum Gasteiger partial charge on any atom is -0.481 e. The van der Waals surface area contributed by atoms with Gasteiger partial charge in [0.15, 0.2) is 0 Å². The predicted molar refractivity (Wildman–Crippen MR) is 72.9 cm³/mol. The number of carboxylic acids is 1. The Morgan fingerprint density at radius 2 is 1.89 bits per heavy atom. The molecule has 0 radical (unpaired) electrons. The number of carbonyl (C=O) groups is 1. The van der Waals surface area contributed by atoms with E-state index in [9.17, 15) is 4.79 Å². The summed E-state index contributed by atoms with van der Waals surface area (Å²) in [4.78, 5) is 11.0. The minimum atomic E-state index is -0.743. The molecule has 2 heteroatoms. The summed E-state index contributed by atoms with van der Waals surface area (Å²) in [6, 6.07) is 8.21. The van der Waals surface area contributed by atoms with Crippen LogP contribution in [0.15, 0.2) is 24.3 Å². The number of hydrogen-bond donors (Lipinski definition) is 1. The van der Waals surface area contributed by atoms with Crippen LogP contribution < -0.4 is 0 Å². The van der Waals surface area contributed by atoms with Crippen LogP contribution in [0.5, 0.6) is 0 Å². The average molecular weight is 246 g/mol. The number of aliphatic carboxylic acids is 1. The van der Waals surface area contributed by atoms with Crippen LogP contribution in [-0.4, -0.2) is 11.1 Å². The second-order valence-corrected chi connectivity index (χ2v) is 5.42. The molecule has 1 aromatic rings. The number of rotatable bonds is 3. The van der Waals surface area contributed by atoms with Crippen molar-refractivity contribution in [3.05, 3.63) is 35.4 Å². The molecule has 1 aromatic carbocycles. The molecule has 0 saturated heterocycles. The maximum absolute atomic E-state index is 11.0. The van der Waals surface area contributed by atoms with Crippen LogP contribution in [0.1, 0.15) is 68.4 Å². The zero-order valence-electron chi connectivity index (χ0n) is 11.1. The number of carboxylic acid groups (broad SMARTS) is 1. The van der Waals surface area contributed by atoms with E-state index in [2.05, 4.69) is 12.1 Å². The van der Waals surface area contributed by atoms with Crippen molar-refractivity contribution in [2.24, 2.45) is 0 Å². The zero-order valence-corrected chi connectivity index (χ0v) is 11.1. The summed E-state index contributed by atoms with van der Waals surface area (Å²) in [6.07, 6.45) is 7.83. The zero-order chi connectivity index (χ0) is 13.0. The van der Waals surface area contributed by atoms with Gasteiger partial charge in [0.2, 0.25) is 0 Å². The van der Waals surface area contributed by atoms with Crippen molar-refractivity contribution >= 4 is 5.97 Å². The summed E-state index contributed by atoms with van der Waals surface area (Å²) in [5.41, 5.74) is 2.27. The molecule has 1 atom stereocenters. The van der Waals surface area contributed by atoms with Gasteiger partial charge in [0.25, 0.3) is 0 Å². The first kappa shape index (κ1) is 13.1. The van der Waals surface area contributed by atoms with E-state index in [1.165, 1.54) is 44.1 Å². The van der Waals surface area contributed by atoms with Gasteiger partial charge in [-0.15, -0.1) is 0 Å². The van der Waals surface area contributed by atoms with Crippen LogP contribution >= 0.6 is 0 Å². The summed E-state index contributed by atoms with van der Waals surface area (Å²) in [7, 11) is 0. The molecule has 0 amide bonds. The molecular weight excluding hydrogens is 224 g/mol. The fourth-order valence-electron chi connectivity index (χ4n) is 2.84. The van der Waals surface area contributed by atoms with E-state index in [0.29, 0.717) is 5.92 Å². The third-order valence-electron chi connectivity index (χ3n) is 4.11. The molecule has 0 aromatic heterocycles. The van der Waals surface area contributed by atoms with Gasteiger partial charge in [0.05, 0.1) is 5.92 Å². The highest BCUT2D eigenvalue weighted by Gasteiger charge is 2.18. The van der Waals surface area contributed by atoms with Gasteiger partial charge in [-0.2, -0.15) is 0 Å². The van der Waals surface area contributed by atoms with Crippen molar-refractivity contribution in [3.8, 4) is 0 Å². The molecule has 1 saturated carbocycles. The van der Waals surface area contributed by atoms with E-state index in [0.717, 1.165) is 5.56 Å². The topological polar surface area (TPSA) is 37.3 Å². The van der Waals surface area contributed by atoms with Crippen LogP contribution in [0, 0.1) is 0 Å². The lowest BCUT2D eigenvalue weighted by Crippen LogP contribution is -2.08. The third kappa shape index (κ3) is 3.12. The smallest absolute Gasteiger partial charge is 0.310 e. The highest BCUT2D eigenvalue weighted by molar-refractivity contribution is 5.75. The molecule has 18 heavy (non-hydrogen) atoms. The Morgan fingerprint density at radius 1 is 1.22 bits per heavy atom. The van der Waals surface area contributed by atoms with Crippen LogP contribution in [0.2, 0.25) is 0 Å². The van der Waals surface area contributed by atoms with Gasteiger partial charge in [-0.05, 0) is 36.8 Å². The molecule has 2 nitrogen and oxygen atoms in total. The summed E-state index contributed by atoms with van der Waals surface area (Å²) in [5, 5.41) is 9.08. The molecule has 1 fully saturated rings. The van der Waals surface area contributed by atoms with Gasteiger partial charge in [-0.3, -0.25) is 4.79 Å². The number of benzene rings is 1. The molecule has 0 bridgehead atoms. The molecule has 1 N–H and O–H groups in total. The van der Waals surface area contributed by atoms with Gasteiger partial charge >= 0.3 is 5.97 Å². The Morgan fingerprint density at radius 3 is 2.50 bits per heavy atom. The lowest BCUT2D eigenvalue weighted by atomic mass is 9.89. The Kier molecular flexibility index (Phi) is 4.40.